The highest BCUT2D eigenvalue weighted by Gasteiger charge is 2.35. The summed E-state index contributed by atoms with van der Waals surface area (Å²) in [5, 5.41) is 11.5. The Hall–Kier alpha value is -4.29. The summed E-state index contributed by atoms with van der Waals surface area (Å²) < 4.78 is 50.9. The van der Waals surface area contributed by atoms with E-state index >= 15 is 0 Å². The second-order valence-corrected chi connectivity index (χ2v) is 11.0. The van der Waals surface area contributed by atoms with Gasteiger partial charge in [0.2, 0.25) is 0 Å². The molecule has 1 fully saturated rings. The van der Waals surface area contributed by atoms with Crippen molar-refractivity contribution < 1.29 is 22.7 Å². The van der Waals surface area contributed by atoms with Gasteiger partial charge in [0.05, 0.1) is 18.3 Å². The number of hydrogen-bond donors (Lipinski definition) is 1. The Morgan fingerprint density at radius 3 is 2.59 bits per heavy atom. The fourth-order valence-corrected chi connectivity index (χ4v) is 5.59. The van der Waals surface area contributed by atoms with Gasteiger partial charge in [0.15, 0.2) is 5.82 Å². The monoisotopic (exact) mass is 607 g/mol. The molecule has 0 aliphatic carbocycles. The number of ether oxygens (including phenoxy) is 1. The van der Waals surface area contributed by atoms with E-state index in [-0.39, 0.29) is 23.8 Å². The largest absolute Gasteiger partial charge is 0.416 e. The molecule has 0 radical (unpaired) electrons. The van der Waals surface area contributed by atoms with E-state index in [1.165, 1.54) is 6.07 Å². The zero-order valence-electron chi connectivity index (χ0n) is 25.2. The molecule has 1 saturated heterocycles. The number of anilines is 2. The molecule has 12 heteroatoms. The van der Waals surface area contributed by atoms with E-state index in [4.69, 9.17) is 9.72 Å². The molecule has 1 atom stereocenters. The van der Waals surface area contributed by atoms with Crippen molar-refractivity contribution in [3.8, 4) is 22.5 Å². The molecule has 2 aromatic carbocycles. The lowest BCUT2D eigenvalue weighted by molar-refractivity contribution is -0.138. The fraction of sp³-hybridized carbons (Fsp3) is 0.375. The van der Waals surface area contributed by atoms with Crippen LogP contribution in [0.1, 0.15) is 40.9 Å². The van der Waals surface area contributed by atoms with Gasteiger partial charge < -0.3 is 19.5 Å². The smallest absolute Gasteiger partial charge is 0.376 e. The van der Waals surface area contributed by atoms with Gasteiger partial charge in [-0.05, 0) is 60.4 Å². The van der Waals surface area contributed by atoms with E-state index < -0.39 is 11.7 Å². The zero-order valence-corrected chi connectivity index (χ0v) is 25.2. The zero-order chi connectivity index (χ0) is 31.4. The number of aldehydes is 1. The van der Waals surface area contributed by atoms with Gasteiger partial charge in [-0.2, -0.15) is 13.2 Å². The molecule has 1 aliphatic heterocycles. The molecule has 1 N–H and O–H groups in total. The molecule has 4 aromatic rings. The predicted molar refractivity (Wildman–Crippen MR) is 163 cm³/mol. The van der Waals surface area contributed by atoms with Crippen LogP contribution in [0.4, 0.5) is 24.8 Å². The van der Waals surface area contributed by atoms with Gasteiger partial charge in [-0.1, -0.05) is 24.3 Å². The highest BCUT2D eigenvalue weighted by Crippen LogP contribution is 2.37. The average Bonchev–Trinajstić information content (AvgIpc) is 3.42. The summed E-state index contributed by atoms with van der Waals surface area (Å²) in [6.45, 7) is 6.33. The minimum atomic E-state index is -4.65. The first-order chi connectivity index (χ1) is 21.1. The topological polar surface area (TPSA) is 88.4 Å². The molecule has 0 amide bonds. The molecular weight excluding hydrogens is 571 g/mol. The van der Waals surface area contributed by atoms with Crippen LogP contribution < -0.4 is 10.2 Å². The minimum Gasteiger partial charge on any atom is -0.376 e. The molecule has 5 rings (SSSR count). The molecule has 232 valence electrons. The number of carbonyl (C=O) groups is 1. The fourth-order valence-electron chi connectivity index (χ4n) is 5.59. The maximum atomic E-state index is 14.5. The lowest BCUT2D eigenvalue weighted by Crippen LogP contribution is -2.40. The van der Waals surface area contributed by atoms with Crippen molar-refractivity contribution in [2.75, 3.05) is 43.5 Å². The van der Waals surface area contributed by atoms with Gasteiger partial charge >= 0.3 is 6.18 Å². The van der Waals surface area contributed by atoms with Crippen LogP contribution >= 0.6 is 0 Å². The van der Waals surface area contributed by atoms with Crippen LogP contribution in [0.25, 0.3) is 22.5 Å². The van der Waals surface area contributed by atoms with Crippen molar-refractivity contribution in [3.63, 3.8) is 0 Å². The van der Waals surface area contributed by atoms with Gasteiger partial charge in [-0.25, -0.2) is 4.98 Å². The van der Waals surface area contributed by atoms with E-state index in [0.29, 0.717) is 62.1 Å². The number of benzene rings is 2. The van der Waals surface area contributed by atoms with Gasteiger partial charge in [-0.3, -0.25) is 9.69 Å². The molecule has 0 bridgehead atoms. The second kappa shape index (κ2) is 13.1. The van der Waals surface area contributed by atoms with Crippen LogP contribution in [0, 0.1) is 0 Å². The van der Waals surface area contributed by atoms with Crippen molar-refractivity contribution in [1.29, 1.82) is 0 Å². The average molecular weight is 608 g/mol. The van der Waals surface area contributed by atoms with Gasteiger partial charge in [0, 0.05) is 57.9 Å². The third-order valence-electron chi connectivity index (χ3n) is 7.65. The number of nitrogens with zero attached hydrogens (tertiary/aromatic N) is 6. The van der Waals surface area contributed by atoms with Gasteiger partial charge in [0.25, 0.3) is 0 Å². The first-order valence-corrected chi connectivity index (χ1v) is 14.5. The van der Waals surface area contributed by atoms with E-state index in [1.807, 2.05) is 66.8 Å². The molecular formula is C32H36F3N7O2. The number of morpholine rings is 1. The van der Waals surface area contributed by atoms with Crippen LogP contribution in [0.5, 0.6) is 0 Å². The number of halogens is 3. The standard InChI is InChI=1S/C32H36F3N7O2/c1-5-36-29-14-23(25-8-6-7-9-26(25)31-39-37-20-41(31)4)15-30(38-29)40(3)18-27-24(19-43)12-22(13-28(27)32(33,34)35)17-42-10-11-44-21(2)16-42/h6-9,12-15,19-21H,5,10-11,16-18H2,1-4H3,(H,36,38). The van der Waals surface area contributed by atoms with E-state index in [9.17, 15) is 18.0 Å². The number of aryl methyl sites for hydroxylation is 1. The van der Waals surface area contributed by atoms with E-state index in [0.717, 1.165) is 16.7 Å². The number of hydrogen-bond acceptors (Lipinski definition) is 8. The number of pyridine rings is 1. The van der Waals surface area contributed by atoms with E-state index in [1.54, 1.807) is 24.3 Å². The van der Waals surface area contributed by atoms with Crippen LogP contribution in [-0.2, 0) is 31.1 Å². The Morgan fingerprint density at radius 1 is 1.16 bits per heavy atom. The summed E-state index contributed by atoms with van der Waals surface area (Å²) >= 11 is 0. The summed E-state index contributed by atoms with van der Waals surface area (Å²) in [6.07, 6.45) is -2.53. The normalized spacial score (nSPS) is 15.8. The van der Waals surface area contributed by atoms with Crippen molar-refractivity contribution >= 4 is 17.9 Å². The molecule has 3 heterocycles. The molecule has 1 aliphatic rings. The highest BCUT2D eigenvalue weighted by molar-refractivity contribution is 5.83. The van der Waals surface area contributed by atoms with Gasteiger partial charge in [0.1, 0.15) is 24.2 Å². The van der Waals surface area contributed by atoms with Crippen molar-refractivity contribution in [2.24, 2.45) is 7.05 Å². The van der Waals surface area contributed by atoms with Crippen molar-refractivity contribution in [3.05, 3.63) is 77.1 Å². The SMILES string of the molecule is CCNc1cc(-c2ccccc2-c2nncn2C)cc(N(C)Cc2c(C=O)cc(CN3CCOC(C)C3)cc2C(F)(F)F)n1. The second-order valence-electron chi connectivity index (χ2n) is 11.0. The quantitative estimate of drug-likeness (QED) is 0.231. The minimum absolute atomic E-state index is 0.00740. The van der Waals surface area contributed by atoms with Crippen LogP contribution in [0.15, 0.2) is 54.9 Å². The van der Waals surface area contributed by atoms with Crippen LogP contribution in [-0.4, -0.2) is 70.3 Å². The number of rotatable bonds is 10. The van der Waals surface area contributed by atoms with Crippen LogP contribution in [0.3, 0.4) is 0 Å². The third kappa shape index (κ3) is 6.92. The summed E-state index contributed by atoms with van der Waals surface area (Å²) in [6, 6.07) is 14.2. The number of nitrogens with one attached hydrogen (secondary N) is 1. The Balaban J connectivity index is 1.52. The molecule has 0 saturated carbocycles. The molecule has 9 nitrogen and oxygen atoms in total. The number of alkyl halides is 3. The maximum absolute atomic E-state index is 14.5. The summed E-state index contributed by atoms with van der Waals surface area (Å²) in [4.78, 5) is 20.6. The van der Waals surface area contributed by atoms with Crippen molar-refractivity contribution in [1.82, 2.24) is 24.6 Å². The lowest BCUT2D eigenvalue weighted by atomic mass is 9.96. The summed E-state index contributed by atoms with van der Waals surface area (Å²) in [5.41, 5.74) is 2.06. The highest BCUT2D eigenvalue weighted by atomic mass is 19.4. The first-order valence-electron chi connectivity index (χ1n) is 14.5. The van der Waals surface area contributed by atoms with Crippen molar-refractivity contribution in [2.45, 2.75) is 39.2 Å². The summed E-state index contributed by atoms with van der Waals surface area (Å²) in [7, 11) is 3.53. The Bertz CT molecular complexity index is 1620. The lowest BCUT2D eigenvalue weighted by Gasteiger charge is -2.31. The van der Waals surface area contributed by atoms with Gasteiger partial charge in [-0.15, -0.1) is 10.2 Å². The van der Waals surface area contributed by atoms with E-state index in [2.05, 4.69) is 15.5 Å². The first kappa shape index (κ1) is 31.1. The number of carbonyl (C=O) groups excluding carboxylic acids is 1. The Morgan fingerprint density at radius 2 is 1.93 bits per heavy atom. The molecule has 0 spiro atoms. The molecule has 44 heavy (non-hydrogen) atoms. The third-order valence-corrected chi connectivity index (χ3v) is 7.65. The molecule has 1 unspecified atom stereocenters. The Labute approximate surface area is 254 Å². The van der Waals surface area contributed by atoms with Crippen LogP contribution in [0.2, 0.25) is 0 Å². The maximum Gasteiger partial charge on any atom is 0.416 e. The Kier molecular flexibility index (Phi) is 9.31. The predicted octanol–water partition coefficient (Wildman–Crippen LogP) is 5.66. The summed E-state index contributed by atoms with van der Waals surface area (Å²) in [5.74, 6) is 1.69. The number of aromatic nitrogens is 4. The molecule has 2 aromatic heterocycles.